The molecule has 3 nitrogen and oxygen atoms in total. The van der Waals surface area contributed by atoms with Crippen molar-refractivity contribution < 1.29 is 4.74 Å². The quantitative estimate of drug-likeness (QED) is 0.801. The van der Waals surface area contributed by atoms with E-state index in [0.717, 1.165) is 11.3 Å². The number of nitriles is 1. The second kappa shape index (κ2) is 5.70. The maximum absolute atomic E-state index is 8.91. The second-order valence-corrected chi connectivity index (χ2v) is 4.45. The monoisotopic (exact) mass is 232 g/mol. The number of benzene rings is 1. The standard InChI is InChI=1S/C14H20N2O/c1-10-11(2)14(17-5)7-6-12(10)13(8-9-15)16(3)4/h6-7,13H,8H2,1-5H3. The fourth-order valence-corrected chi connectivity index (χ4v) is 2.06. The molecule has 0 aliphatic carbocycles. The van der Waals surface area contributed by atoms with E-state index < -0.39 is 0 Å². The van der Waals surface area contributed by atoms with Gasteiger partial charge >= 0.3 is 0 Å². The van der Waals surface area contributed by atoms with Gasteiger partial charge in [0.2, 0.25) is 0 Å². The SMILES string of the molecule is COc1ccc(C(CC#N)N(C)C)c(C)c1C. The molecule has 0 bridgehead atoms. The number of nitrogens with zero attached hydrogens (tertiary/aromatic N) is 2. The summed E-state index contributed by atoms with van der Waals surface area (Å²) in [5.41, 5.74) is 3.56. The first-order chi connectivity index (χ1) is 8.02. The smallest absolute Gasteiger partial charge is 0.122 e. The molecule has 0 aromatic heterocycles. The summed E-state index contributed by atoms with van der Waals surface area (Å²) >= 11 is 0. The van der Waals surface area contributed by atoms with Gasteiger partial charge in [-0.3, -0.25) is 0 Å². The zero-order valence-electron chi connectivity index (χ0n) is 11.2. The van der Waals surface area contributed by atoms with Crippen molar-refractivity contribution in [3.05, 3.63) is 28.8 Å². The van der Waals surface area contributed by atoms with Crippen LogP contribution in [0.1, 0.15) is 29.2 Å². The Kier molecular flexibility index (Phi) is 4.53. The van der Waals surface area contributed by atoms with Crippen LogP contribution in [0.3, 0.4) is 0 Å². The first-order valence-electron chi connectivity index (χ1n) is 5.70. The summed E-state index contributed by atoms with van der Waals surface area (Å²) in [5.74, 6) is 0.903. The normalized spacial score (nSPS) is 12.3. The van der Waals surface area contributed by atoms with E-state index in [4.69, 9.17) is 10.00 Å². The highest BCUT2D eigenvalue weighted by Gasteiger charge is 2.18. The van der Waals surface area contributed by atoms with Crippen LogP contribution < -0.4 is 4.74 Å². The Balaban J connectivity index is 3.22. The Bertz CT molecular complexity index is 433. The first-order valence-corrected chi connectivity index (χ1v) is 5.70. The van der Waals surface area contributed by atoms with Gasteiger partial charge in [-0.2, -0.15) is 5.26 Å². The minimum absolute atomic E-state index is 0.143. The maximum Gasteiger partial charge on any atom is 0.122 e. The molecule has 0 saturated heterocycles. The molecular formula is C14H20N2O. The van der Waals surface area contributed by atoms with E-state index >= 15 is 0 Å². The number of ether oxygens (including phenoxy) is 1. The molecule has 1 unspecified atom stereocenters. The van der Waals surface area contributed by atoms with Gasteiger partial charge in [-0.1, -0.05) is 6.07 Å². The highest BCUT2D eigenvalue weighted by atomic mass is 16.5. The third-order valence-electron chi connectivity index (χ3n) is 3.27. The number of hydrogen-bond donors (Lipinski definition) is 0. The van der Waals surface area contributed by atoms with E-state index in [-0.39, 0.29) is 6.04 Å². The molecule has 3 heteroatoms. The Hall–Kier alpha value is -1.53. The summed E-state index contributed by atoms with van der Waals surface area (Å²) in [6.07, 6.45) is 0.500. The summed E-state index contributed by atoms with van der Waals surface area (Å²) in [5, 5.41) is 8.91. The zero-order valence-corrected chi connectivity index (χ0v) is 11.2. The highest BCUT2D eigenvalue weighted by molar-refractivity contribution is 5.45. The predicted molar refractivity (Wildman–Crippen MR) is 69.1 cm³/mol. The molecule has 1 aromatic rings. The largest absolute Gasteiger partial charge is 0.496 e. The van der Waals surface area contributed by atoms with Crippen LogP contribution in [-0.4, -0.2) is 26.1 Å². The van der Waals surface area contributed by atoms with Gasteiger partial charge in [-0.15, -0.1) is 0 Å². The fraction of sp³-hybridized carbons (Fsp3) is 0.500. The Morgan fingerprint density at radius 3 is 2.41 bits per heavy atom. The van der Waals surface area contributed by atoms with Gasteiger partial charge in [0.15, 0.2) is 0 Å². The molecule has 1 aromatic carbocycles. The highest BCUT2D eigenvalue weighted by Crippen LogP contribution is 2.31. The molecule has 0 radical (unpaired) electrons. The molecule has 1 atom stereocenters. The van der Waals surface area contributed by atoms with Crippen molar-refractivity contribution in [1.29, 1.82) is 5.26 Å². The van der Waals surface area contributed by atoms with Gasteiger partial charge < -0.3 is 9.64 Å². The zero-order chi connectivity index (χ0) is 13.0. The van der Waals surface area contributed by atoms with Crippen molar-refractivity contribution in [3.8, 4) is 11.8 Å². The summed E-state index contributed by atoms with van der Waals surface area (Å²) in [6.45, 7) is 4.14. The molecule has 0 saturated carbocycles. The first kappa shape index (κ1) is 13.5. The van der Waals surface area contributed by atoms with Crippen molar-refractivity contribution >= 4 is 0 Å². The lowest BCUT2D eigenvalue weighted by Crippen LogP contribution is -2.20. The van der Waals surface area contributed by atoms with Crippen LogP contribution in [0.25, 0.3) is 0 Å². The lowest BCUT2D eigenvalue weighted by Gasteiger charge is -2.25. The number of methoxy groups -OCH3 is 1. The van der Waals surface area contributed by atoms with Crippen LogP contribution in [0.4, 0.5) is 0 Å². The molecule has 0 fully saturated rings. The van der Waals surface area contributed by atoms with Crippen LogP contribution in [0.2, 0.25) is 0 Å². The number of hydrogen-bond acceptors (Lipinski definition) is 3. The van der Waals surface area contributed by atoms with Gasteiger partial charge in [0.1, 0.15) is 5.75 Å². The molecule has 1 rings (SSSR count). The van der Waals surface area contributed by atoms with Crippen LogP contribution in [0.5, 0.6) is 5.75 Å². The van der Waals surface area contributed by atoms with Gasteiger partial charge in [-0.05, 0) is 50.7 Å². The van der Waals surface area contributed by atoms with E-state index in [9.17, 15) is 0 Å². The van der Waals surface area contributed by atoms with Crippen LogP contribution in [0, 0.1) is 25.2 Å². The molecular weight excluding hydrogens is 212 g/mol. The summed E-state index contributed by atoms with van der Waals surface area (Å²) < 4.78 is 5.30. The fourth-order valence-electron chi connectivity index (χ4n) is 2.06. The van der Waals surface area contributed by atoms with Gasteiger partial charge in [0, 0.05) is 6.04 Å². The van der Waals surface area contributed by atoms with E-state index in [2.05, 4.69) is 30.9 Å². The molecule has 0 aliphatic heterocycles. The van der Waals surface area contributed by atoms with E-state index in [1.165, 1.54) is 11.1 Å². The summed E-state index contributed by atoms with van der Waals surface area (Å²) in [7, 11) is 5.68. The maximum atomic E-state index is 8.91. The Morgan fingerprint density at radius 2 is 1.94 bits per heavy atom. The summed E-state index contributed by atoms with van der Waals surface area (Å²) in [6, 6.07) is 6.43. The van der Waals surface area contributed by atoms with Crippen molar-refractivity contribution in [2.24, 2.45) is 0 Å². The van der Waals surface area contributed by atoms with Crippen molar-refractivity contribution in [2.75, 3.05) is 21.2 Å². The second-order valence-electron chi connectivity index (χ2n) is 4.45. The topological polar surface area (TPSA) is 36.3 Å². The molecule has 92 valence electrons. The van der Waals surface area contributed by atoms with Crippen molar-refractivity contribution in [1.82, 2.24) is 4.90 Å². The van der Waals surface area contributed by atoms with Crippen molar-refractivity contribution in [2.45, 2.75) is 26.3 Å². The van der Waals surface area contributed by atoms with Crippen LogP contribution in [-0.2, 0) is 0 Å². The average Bonchev–Trinajstić information content (AvgIpc) is 2.30. The Labute approximate surface area is 104 Å². The molecule has 0 aliphatic rings. The average molecular weight is 232 g/mol. The van der Waals surface area contributed by atoms with Gasteiger partial charge in [-0.25, -0.2) is 0 Å². The molecule has 17 heavy (non-hydrogen) atoms. The lowest BCUT2D eigenvalue weighted by atomic mass is 9.94. The van der Waals surface area contributed by atoms with E-state index in [0.29, 0.717) is 6.42 Å². The van der Waals surface area contributed by atoms with Crippen molar-refractivity contribution in [3.63, 3.8) is 0 Å². The molecule has 0 N–H and O–H groups in total. The minimum atomic E-state index is 0.143. The van der Waals surface area contributed by atoms with Crippen LogP contribution in [0.15, 0.2) is 12.1 Å². The predicted octanol–water partition coefficient (Wildman–Crippen LogP) is 2.83. The lowest BCUT2D eigenvalue weighted by molar-refractivity contribution is 0.302. The van der Waals surface area contributed by atoms with Crippen LogP contribution >= 0.6 is 0 Å². The third kappa shape index (κ3) is 2.78. The van der Waals surface area contributed by atoms with E-state index in [1.807, 2.05) is 20.2 Å². The minimum Gasteiger partial charge on any atom is -0.496 e. The summed E-state index contributed by atoms with van der Waals surface area (Å²) in [4.78, 5) is 2.08. The third-order valence-corrected chi connectivity index (χ3v) is 3.27. The Morgan fingerprint density at radius 1 is 1.29 bits per heavy atom. The van der Waals surface area contributed by atoms with Gasteiger partial charge in [0.05, 0.1) is 19.6 Å². The molecule has 0 amide bonds. The molecule has 0 heterocycles. The van der Waals surface area contributed by atoms with E-state index in [1.54, 1.807) is 7.11 Å². The van der Waals surface area contributed by atoms with Gasteiger partial charge in [0.25, 0.3) is 0 Å². The number of rotatable bonds is 4. The molecule has 0 spiro atoms.